The van der Waals surface area contributed by atoms with Crippen molar-refractivity contribution in [1.29, 1.82) is 0 Å². The number of terminal acetylenes is 1. The van der Waals surface area contributed by atoms with Gasteiger partial charge in [-0.1, -0.05) is 25.0 Å². The van der Waals surface area contributed by atoms with E-state index in [1.54, 1.807) is 12.1 Å². The fourth-order valence-corrected chi connectivity index (χ4v) is 1.23. The zero-order valence-electron chi connectivity index (χ0n) is 8.92. The number of rotatable bonds is 4. The Hall–Kier alpha value is -1.86. The monoisotopic (exact) mass is 221 g/mol. The quantitative estimate of drug-likeness (QED) is 0.477. The second kappa shape index (κ2) is 5.89. The van der Waals surface area contributed by atoms with Crippen molar-refractivity contribution in [2.45, 2.75) is 13.3 Å². The Morgan fingerprint density at radius 1 is 1.62 bits per heavy atom. The molecule has 1 N–H and O–H groups in total. The minimum atomic E-state index is -0.636. The molecule has 0 spiro atoms. The van der Waals surface area contributed by atoms with E-state index in [2.05, 4.69) is 16.2 Å². The molecule has 0 unspecified atom stereocenters. The van der Waals surface area contributed by atoms with Gasteiger partial charge in [-0.05, 0) is 18.1 Å². The van der Waals surface area contributed by atoms with Crippen LogP contribution in [0, 0.1) is 18.2 Å². The number of hydrogen-bond donors (Lipinski definition) is 1. The van der Waals surface area contributed by atoms with Crippen LogP contribution in [0.5, 0.6) is 0 Å². The average Bonchev–Trinajstić information content (AvgIpc) is 2.29. The Kier molecular flexibility index (Phi) is 4.49. The summed E-state index contributed by atoms with van der Waals surface area (Å²) in [5.74, 6) is 1.02. The lowest BCUT2D eigenvalue weighted by atomic mass is 10.1. The Balaban J connectivity index is 2.80. The van der Waals surface area contributed by atoms with Gasteiger partial charge in [-0.2, -0.15) is 0 Å². The largest absolute Gasteiger partial charge is 0.277 e. The van der Waals surface area contributed by atoms with Gasteiger partial charge in [0.2, 0.25) is 0 Å². The van der Waals surface area contributed by atoms with Crippen LogP contribution in [0.4, 0.5) is 4.39 Å². The predicted octanol–water partition coefficient (Wildman–Crippen LogP) is 1.68. The van der Waals surface area contributed by atoms with Crippen LogP contribution < -0.4 is 5.48 Å². The Morgan fingerprint density at radius 3 is 3.00 bits per heavy atom. The number of amides is 1. The number of carbonyl (C=O) groups excluding carboxylic acids is 1. The Labute approximate surface area is 93.6 Å². The van der Waals surface area contributed by atoms with E-state index in [1.165, 1.54) is 6.07 Å². The average molecular weight is 221 g/mol. The van der Waals surface area contributed by atoms with Crippen LogP contribution in [0.2, 0.25) is 0 Å². The summed E-state index contributed by atoms with van der Waals surface area (Å²) in [5, 5.41) is 0. The molecule has 0 radical (unpaired) electrons. The number of halogens is 1. The van der Waals surface area contributed by atoms with Crippen molar-refractivity contribution >= 4 is 5.91 Å². The van der Waals surface area contributed by atoms with Gasteiger partial charge in [0.15, 0.2) is 0 Å². The van der Waals surface area contributed by atoms with E-state index in [4.69, 9.17) is 6.42 Å². The van der Waals surface area contributed by atoms with E-state index in [1.807, 2.05) is 6.92 Å². The van der Waals surface area contributed by atoms with Crippen LogP contribution in [-0.2, 0) is 11.3 Å². The second-order valence-electron chi connectivity index (χ2n) is 3.06. The van der Waals surface area contributed by atoms with Crippen molar-refractivity contribution in [3.05, 3.63) is 35.1 Å². The highest BCUT2D eigenvalue weighted by Crippen LogP contribution is 2.13. The van der Waals surface area contributed by atoms with Crippen molar-refractivity contribution < 1.29 is 14.0 Å². The highest BCUT2D eigenvalue weighted by atomic mass is 19.1. The summed E-state index contributed by atoms with van der Waals surface area (Å²) in [6, 6.07) is 4.65. The molecule has 16 heavy (non-hydrogen) atoms. The summed E-state index contributed by atoms with van der Waals surface area (Å²) in [6.45, 7) is 1.76. The van der Waals surface area contributed by atoms with Crippen LogP contribution in [0.25, 0.3) is 0 Å². The van der Waals surface area contributed by atoms with Gasteiger partial charge in [0, 0.05) is 0 Å². The summed E-state index contributed by atoms with van der Waals surface area (Å²) in [6.07, 6.45) is 5.45. The molecule has 0 saturated heterocycles. The number of hydroxylamine groups is 1. The summed E-state index contributed by atoms with van der Waals surface area (Å²) < 4.78 is 13.7. The third-order valence-corrected chi connectivity index (χ3v) is 2.02. The number of benzene rings is 1. The normalized spacial score (nSPS) is 9.56. The van der Waals surface area contributed by atoms with Gasteiger partial charge >= 0.3 is 0 Å². The molecule has 3 nitrogen and oxygen atoms in total. The zero-order chi connectivity index (χ0) is 12.0. The molecule has 4 heteroatoms. The van der Waals surface area contributed by atoms with Gasteiger partial charge in [0.05, 0.1) is 5.56 Å². The molecule has 0 fully saturated rings. The van der Waals surface area contributed by atoms with Crippen molar-refractivity contribution in [3.63, 3.8) is 0 Å². The summed E-state index contributed by atoms with van der Waals surface area (Å²) in [7, 11) is 0. The molecule has 0 aromatic heterocycles. The zero-order valence-corrected chi connectivity index (χ0v) is 8.92. The maximum atomic E-state index is 13.7. The molecule has 1 aromatic carbocycles. The minimum absolute atomic E-state index is 0.0450. The van der Waals surface area contributed by atoms with Crippen molar-refractivity contribution in [1.82, 2.24) is 5.48 Å². The molecule has 1 aromatic rings. The van der Waals surface area contributed by atoms with E-state index < -0.39 is 11.7 Å². The molecule has 1 amide bonds. The molecule has 0 aliphatic rings. The lowest BCUT2D eigenvalue weighted by Gasteiger charge is -2.06. The highest BCUT2D eigenvalue weighted by molar-refractivity contribution is 5.93. The van der Waals surface area contributed by atoms with E-state index >= 15 is 0 Å². The molecular weight excluding hydrogens is 209 g/mol. The topological polar surface area (TPSA) is 38.3 Å². The molecule has 0 saturated carbocycles. The molecular formula is C12H12FNO2. The first-order valence-corrected chi connectivity index (χ1v) is 4.83. The molecule has 0 aliphatic heterocycles. The number of hydrogen-bond acceptors (Lipinski definition) is 2. The van der Waals surface area contributed by atoms with Crippen LogP contribution in [0.1, 0.15) is 22.8 Å². The predicted molar refractivity (Wildman–Crippen MR) is 58.0 cm³/mol. The maximum absolute atomic E-state index is 13.7. The molecule has 1 rings (SSSR count). The highest BCUT2D eigenvalue weighted by Gasteiger charge is 2.13. The van der Waals surface area contributed by atoms with Crippen molar-refractivity contribution in [2.24, 2.45) is 0 Å². The lowest BCUT2D eigenvalue weighted by molar-refractivity contribution is 0.0434. The number of carbonyl (C=O) groups is 1. The van der Waals surface area contributed by atoms with Crippen LogP contribution in [0.15, 0.2) is 18.2 Å². The first-order chi connectivity index (χ1) is 7.70. The standard InChI is InChI=1S/C12H12FNO2/c1-3-8-16-14-12(15)10-7-5-6-9(4-2)11(10)13/h1,5-7H,4,8H2,2H3,(H,14,15). The van der Waals surface area contributed by atoms with Crippen LogP contribution in [-0.4, -0.2) is 12.5 Å². The van der Waals surface area contributed by atoms with E-state index in [0.29, 0.717) is 12.0 Å². The van der Waals surface area contributed by atoms with E-state index in [0.717, 1.165) is 0 Å². The Morgan fingerprint density at radius 2 is 2.38 bits per heavy atom. The van der Waals surface area contributed by atoms with Crippen molar-refractivity contribution in [3.8, 4) is 12.3 Å². The SMILES string of the molecule is C#CCONC(=O)c1cccc(CC)c1F. The molecule has 0 bridgehead atoms. The van der Waals surface area contributed by atoms with E-state index in [-0.39, 0.29) is 12.2 Å². The smallest absolute Gasteiger partial charge is 0.267 e. The molecule has 0 atom stereocenters. The fourth-order valence-electron chi connectivity index (χ4n) is 1.23. The summed E-state index contributed by atoms with van der Waals surface area (Å²) >= 11 is 0. The van der Waals surface area contributed by atoms with Gasteiger partial charge in [0.1, 0.15) is 12.4 Å². The summed E-state index contributed by atoms with van der Waals surface area (Å²) in [4.78, 5) is 16.1. The number of aryl methyl sites for hydroxylation is 1. The van der Waals surface area contributed by atoms with Gasteiger partial charge in [-0.15, -0.1) is 6.42 Å². The minimum Gasteiger partial charge on any atom is -0.267 e. The van der Waals surface area contributed by atoms with Crippen LogP contribution >= 0.6 is 0 Å². The van der Waals surface area contributed by atoms with Gasteiger partial charge < -0.3 is 0 Å². The fraction of sp³-hybridized carbons (Fsp3) is 0.250. The molecule has 0 heterocycles. The number of nitrogens with one attached hydrogen (secondary N) is 1. The van der Waals surface area contributed by atoms with Gasteiger partial charge in [-0.25, -0.2) is 9.87 Å². The van der Waals surface area contributed by atoms with E-state index in [9.17, 15) is 9.18 Å². The van der Waals surface area contributed by atoms with Crippen LogP contribution in [0.3, 0.4) is 0 Å². The molecule has 84 valence electrons. The van der Waals surface area contributed by atoms with Crippen molar-refractivity contribution in [2.75, 3.05) is 6.61 Å². The maximum Gasteiger partial charge on any atom is 0.277 e. The first-order valence-electron chi connectivity index (χ1n) is 4.83. The third-order valence-electron chi connectivity index (χ3n) is 2.02. The van der Waals surface area contributed by atoms with Gasteiger partial charge in [-0.3, -0.25) is 9.63 Å². The molecule has 0 aliphatic carbocycles. The first kappa shape index (κ1) is 12.2. The van der Waals surface area contributed by atoms with Gasteiger partial charge in [0.25, 0.3) is 5.91 Å². The third kappa shape index (κ3) is 2.81. The second-order valence-corrected chi connectivity index (χ2v) is 3.06. The lowest BCUT2D eigenvalue weighted by Crippen LogP contribution is -2.25. The Bertz CT molecular complexity index is 424. The summed E-state index contributed by atoms with van der Waals surface area (Å²) in [5.41, 5.74) is 2.52.